The zero-order valence-electron chi connectivity index (χ0n) is 18.5. The van der Waals surface area contributed by atoms with Gasteiger partial charge in [-0.15, -0.1) is 0 Å². The number of piperidine rings is 1. The number of hydrogen-bond donors (Lipinski definition) is 0. The van der Waals surface area contributed by atoms with Gasteiger partial charge in [-0.2, -0.15) is 5.10 Å². The molecule has 1 amide bonds. The number of likely N-dealkylation sites (tertiary alicyclic amines) is 1. The van der Waals surface area contributed by atoms with Crippen molar-refractivity contribution in [3.05, 3.63) is 60.2 Å². The third kappa shape index (κ3) is 4.93. The molecule has 2 aromatic heterocycles. The summed E-state index contributed by atoms with van der Waals surface area (Å²) in [6.45, 7) is 1.52. The first-order chi connectivity index (χ1) is 15.0. The van der Waals surface area contributed by atoms with Crippen LogP contribution in [0.15, 0.2) is 48.9 Å². The molecule has 1 aliphatic rings. The molecule has 0 N–H and O–H groups in total. The maximum Gasteiger partial charge on any atom is 0.225 e. The molecular weight excluding hydrogens is 388 g/mol. The van der Waals surface area contributed by atoms with Gasteiger partial charge >= 0.3 is 0 Å². The maximum absolute atomic E-state index is 13.0. The second kappa shape index (κ2) is 9.29. The largest absolute Gasteiger partial charge is 0.347 e. The summed E-state index contributed by atoms with van der Waals surface area (Å²) in [4.78, 5) is 26.3. The number of anilines is 1. The number of aryl methyl sites for hydroxylation is 2. The number of benzene rings is 1. The van der Waals surface area contributed by atoms with Crippen molar-refractivity contribution >= 4 is 11.9 Å². The van der Waals surface area contributed by atoms with Gasteiger partial charge in [0.1, 0.15) is 0 Å². The third-order valence-electron chi connectivity index (χ3n) is 5.85. The molecule has 0 radical (unpaired) electrons. The van der Waals surface area contributed by atoms with E-state index in [1.165, 1.54) is 5.56 Å². The van der Waals surface area contributed by atoms with Gasteiger partial charge in [0.25, 0.3) is 0 Å². The Morgan fingerprint density at radius 2 is 2.00 bits per heavy atom. The minimum Gasteiger partial charge on any atom is -0.347 e. The highest BCUT2D eigenvalue weighted by Gasteiger charge is 2.28. The van der Waals surface area contributed by atoms with Gasteiger partial charge in [0.2, 0.25) is 11.9 Å². The van der Waals surface area contributed by atoms with E-state index < -0.39 is 0 Å². The standard InChI is InChI=1S/C24H30N6O/c1-28(2)24-25-15-21(20-14-26-29(3)16-20)23(27-24)19-10-7-13-30(17-19)22(31)12-11-18-8-5-4-6-9-18/h4-6,8-9,14-16,19H,7,10-13,17H2,1-3H3/t19-/m1/s1. The summed E-state index contributed by atoms with van der Waals surface area (Å²) in [5.74, 6) is 1.10. The molecule has 3 aromatic rings. The highest BCUT2D eigenvalue weighted by Crippen LogP contribution is 2.34. The Morgan fingerprint density at radius 1 is 1.19 bits per heavy atom. The van der Waals surface area contributed by atoms with Crippen LogP contribution in [-0.4, -0.2) is 57.7 Å². The van der Waals surface area contributed by atoms with E-state index in [9.17, 15) is 4.79 Å². The molecule has 3 heterocycles. The van der Waals surface area contributed by atoms with E-state index in [1.54, 1.807) is 4.68 Å². The van der Waals surface area contributed by atoms with Crippen molar-refractivity contribution in [2.24, 2.45) is 7.05 Å². The fourth-order valence-corrected chi connectivity index (χ4v) is 4.18. The molecule has 1 fully saturated rings. The zero-order chi connectivity index (χ0) is 21.8. The van der Waals surface area contributed by atoms with Crippen molar-refractivity contribution < 1.29 is 4.79 Å². The smallest absolute Gasteiger partial charge is 0.225 e. The lowest BCUT2D eigenvalue weighted by Gasteiger charge is -2.33. The van der Waals surface area contributed by atoms with Crippen LogP contribution in [0.2, 0.25) is 0 Å². The van der Waals surface area contributed by atoms with Gasteiger partial charge in [0.15, 0.2) is 0 Å². The number of amides is 1. The van der Waals surface area contributed by atoms with Crippen LogP contribution in [0.5, 0.6) is 0 Å². The molecular formula is C24H30N6O. The molecule has 1 saturated heterocycles. The Balaban J connectivity index is 1.54. The van der Waals surface area contributed by atoms with Crippen LogP contribution < -0.4 is 4.90 Å². The second-order valence-corrected chi connectivity index (χ2v) is 8.43. The normalized spacial score (nSPS) is 16.4. The third-order valence-corrected chi connectivity index (χ3v) is 5.85. The predicted molar refractivity (Wildman–Crippen MR) is 122 cm³/mol. The molecule has 4 rings (SSSR count). The van der Waals surface area contributed by atoms with Crippen LogP contribution in [0, 0.1) is 0 Å². The lowest BCUT2D eigenvalue weighted by molar-refractivity contribution is -0.132. The SMILES string of the molecule is CN(C)c1ncc(-c2cnn(C)c2)c([C@@H]2CCCN(C(=O)CCc3ccccc3)C2)n1. The number of aromatic nitrogens is 4. The number of nitrogens with zero attached hydrogens (tertiary/aromatic N) is 6. The fourth-order valence-electron chi connectivity index (χ4n) is 4.18. The Hall–Kier alpha value is -3.22. The number of hydrogen-bond acceptors (Lipinski definition) is 5. The maximum atomic E-state index is 13.0. The van der Waals surface area contributed by atoms with Gasteiger partial charge < -0.3 is 9.80 Å². The molecule has 1 aromatic carbocycles. The molecule has 0 saturated carbocycles. The molecule has 1 aliphatic heterocycles. The first-order valence-electron chi connectivity index (χ1n) is 10.9. The molecule has 7 heteroatoms. The van der Waals surface area contributed by atoms with Crippen molar-refractivity contribution in [3.63, 3.8) is 0 Å². The minimum atomic E-state index is 0.186. The van der Waals surface area contributed by atoms with Gasteiger partial charge in [-0.25, -0.2) is 9.97 Å². The molecule has 31 heavy (non-hydrogen) atoms. The quantitative estimate of drug-likeness (QED) is 0.615. The molecule has 0 unspecified atom stereocenters. The van der Waals surface area contributed by atoms with Crippen molar-refractivity contribution in [2.45, 2.75) is 31.6 Å². The van der Waals surface area contributed by atoms with Crippen molar-refractivity contribution in [2.75, 3.05) is 32.1 Å². The highest BCUT2D eigenvalue weighted by molar-refractivity contribution is 5.77. The van der Waals surface area contributed by atoms with Crippen molar-refractivity contribution in [1.82, 2.24) is 24.6 Å². The van der Waals surface area contributed by atoms with Gasteiger partial charge in [-0.3, -0.25) is 9.48 Å². The Kier molecular flexibility index (Phi) is 6.30. The summed E-state index contributed by atoms with van der Waals surface area (Å²) < 4.78 is 1.79. The Labute approximate surface area is 183 Å². The molecule has 1 atom stereocenters. The topological polar surface area (TPSA) is 67.2 Å². The first kappa shape index (κ1) is 21.0. The van der Waals surface area contributed by atoms with Crippen molar-refractivity contribution in [1.29, 1.82) is 0 Å². The van der Waals surface area contributed by atoms with E-state index in [1.807, 2.05) is 67.7 Å². The van der Waals surface area contributed by atoms with E-state index in [4.69, 9.17) is 4.98 Å². The molecule has 162 valence electrons. The Morgan fingerprint density at radius 3 is 2.71 bits per heavy atom. The van der Waals surface area contributed by atoms with Gasteiger partial charge in [-0.05, 0) is 24.8 Å². The number of rotatable bonds is 6. The summed E-state index contributed by atoms with van der Waals surface area (Å²) in [5, 5.41) is 4.32. The lowest BCUT2D eigenvalue weighted by Crippen LogP contribution is -2.39. The minimum absolute atomic E-state index is 0.186. The zero-order valence-corrected chi connectivity index (χ0v) is 18.5. The molecule has 0 aliphatic carbocycles. The van der Waals surface area contributed by atoms with Crippen LogP contribution in [0.1, 0.15) is 36.4 Å². The average Bonchev–Trinajstić information content (AvgIpc) is 3.24. The average molecular weight is 419 g/mol. The van der Waals surface area contributed by atoms with E-state index in [0.717, 1.165) is 42.6 Å². The Bertz CT molecular complexity index is 1030. The van der Waals surface area contributed by atoms with Crippen LogP contribution in [0.25, 0.3) is 11.1 Å². The summed E-state index contributed by atoms with van der Waals surface area (Å²) in [6, 6.07) is 10.2. The summed E-state index contributed by atoms with van der Waals surface area (Å²) in [6.07, 6.45) is 9.05. The molecule has 7 nitrogen and oxygen atoms in total. The molecule has 0 spiro atoms. The predicted octanol–water partition coefficient (Wildman–Crippen LogP) is 3.28. The first-order valence-corrected chi connectivity index (χ1v) is 10.9. The number of carbonyl (C=O) groups is 1. The van der Waals surface area contributed by atoms with Gasteiger partial charge in [0.05, 0.1) is 11.9 Å². The van der Waals surface area contributed by atoms with E-state index >= 15 is 0 Å². The molecule has 0 bridgehead atoms. The summed E-state index contributed by atoms with van der Waals surface area (Å²) >= 11 is 0. The van der Waals surface area contributed by atoms with Crippen LogP contribution >= 0.6 is 0 Å². The summed E-state index contributed by atoms with van der Waals surface area (Å²) in [5.41, 5.74) is 4.22. The fraction of sp³-hybridized carbons (Fsp3) is 0.417. The van der Waals surface area contributed by atoms with Crippen LogP contribution in [0.4, 0.5) is 5.95 Å². The van der Waals surface area contributed by atoms with Crippen LogP contribution in [0.3, 0.4) is 0 Å². The second-order valence-electron chi connectivity index (χ2n) is 8.43. The highest BCUT2D eigenvalue weighted by atomic mass is 16.2. The van der Waals surface area contributed by atoms with E-state index in [-0.39, 0.29) is 11.8 Å². The lowest BCUT2D eigenvalue weighted by atomic mass is 9.90. The van der Waals surface area contributed by atoms with E-state index in [0.29, 0.717) is 18.9 Å². The summed E-state index contributed by atoms with van der Waals surface area (Å²) in [7, 11) is 5.80. The van der Waals surface area contributed by atoms with Crippen LogP contribution in [-0.2, 0) is 18.3 Å². The van der Waals surface area contributed by atoms with Crippen molar-refractivity contribution in [3.8, 4) is 11.1 Å². The monoisotopic (exact) mass is 418 g/mol. The van der Waals surface area contributed by atoms with E-state index in [2.05, 4.69) is 22.2 Å². The van der Waals surface area contributed by atoms with Gasteiger partial charge in [-0.1, -0.05) is 30.3 Å². The van der Waals surface area contributed by atoms with Gasteiger partial charge in [0, 0.05) is 70.1 Å². The number of carbonyl (C=O) groups excluding carboxylic acids is 1.